The molecule has 0 saturated carbocycles. The van der Waals surface area contributed by atoms with E-state index in [2.05, 4.69) is 20.3 Å². The fraction of sp³-hybridized carbons (Fsp3) is 0.304. The Labute approximate surface area is 179 Å². The zero-order valence-electron chi connectivity index (χ0n) is 17.6. The number of rotatable bonds is 7. The first kappa shape index (κ1) is 20.9. The number of aliphatic hydroxyl groups excluding tert-OH is 1. The van der Waals surface area contributed by atoms with Gasteiger partial charge in [0.05, 0.1) is 17.6 Å². The number of aromatic amines is 1. The molecule has 2 aromatic carbocycles. The summed E-state index contributed by atoms with van der Waals surface area (Å²) >= 11 is 0. The first-order chi connectivity index (χ1) is 15.0. The van der Waals surface area contributed by atoms with Gasteiger partial charge in [-0.25, -0.2) is 9.78 Å². The SMILES string of the molecule is Cc1cc2nc3c(=O)[nH]c(=O)nc-3n(CCNC(CO)Cc3ccccc3)c2cc1C. The number of aliphatic hydroxyl groups is 1. The van der Waals surface area contributed by atoms with E-state index in [1.54, 1.807) is 0 Å². The predicted molar refractivity (Wildman–Crippen MR) is 120 cm³/mol. The molecule has 3 N–H and O–H groups in total. The van der Waals surface area contributed by atoms with Crippen molar-refractivity contribution < 1.29 is 5.11 Å². The van der Waals surface area contributed by atoms with E-state index in [1.165, 1.54) is 0 Å². The lowest BCUT2D eigenvalue weighted by molar-refractivity contribution is 0.241. The van der Waals surface area contributed by atoms with Crippen LogP contribution >= 0.6 is 0 Å². The minimum atomic E-state index is -0.693. The average molecular weight is 419 g/mol. The number of aryl methyl sites for hydroxylation is 2. The van der Waals surface area contributed by atoms with Crippen LogP contribution in [-0.4, -0.2) is 43.8 Å². The van der Waals surface area contributed by atoms with E-state index < -0.39 is 11.2 Å². The quantitative estimate of drug-likeness (QED) is 0.390. The first-order valence-electron chi connectivity index (χ1n) is 10.3. The van der Waals surface area contributed by atoms with Crippen LogP contribution in [0.5, 0.6) is 0 Å². The van der Waals surface area contributed by atoms with E-state index in [-0.39, 0.29) is 24.2 Å². The Kier molecular flexibility index (Phi) is 5.92. The maximum absolute atomic E-state index is 12.4. The highest BCUT2D eigenvalue weighted by Gasteiger charge is 2.19. The Morgan fingerprint density at radius 1 is 1.10 bits per heavy atom. The minimum Gasteiger partial charge on any atom is -0.395 e. The summed E-state index contributed by atoms with van der Waals surface area (Å²) < 4.78 is 1.85. The van der Waals surface area contributed by atoms with Gasteiger partial charge in [-0.1, -0.05) is 30.3 Å². The molecule has 0 bridgehead atoms. The number of hydrogen-bond donors (Lipinski definition) is 3. The highest BCUT2D eigenvalue weighted by atomic mass is 16.3. The van der Waals surface area contributed by atoms with E-state index >= 15 is 0 Å². The lowest BCUT2D eigenvalue weighted by Gasteiger charge is -2.20. The molecule has 2 heterocycles. The molecular formula is C23H25N5O3. The molecule has 160 valence electrons. The van der Waals surface area contributed by atoms with E-state index in [0.717, 1.165) is 22.2 Å². The van der Waals surface area contributed by atoms with Crippen molar-refractivity contribution in [1.82, 2.24) is 24.8 Å². The molecule has 0 amide bonds. The molecule has 0 saturated heterocycles. The van der Waals surface area contributed by atoms with Crippen LogP contribution in [0.25, 0.3) is 22.6 Å². The summed E-state index contributed by atoms with van der Waals surface area (Å²) in [5, 5.41) is 13.2. The first-order valence-corrected chi connectivity index (χ1v) is 10.3. The van der Waals surface area contributed by atoms with Gasteiger partial charge >= 0.3 is 5.69 Å². The monoisotopic (exact) mass is 419 g/mol. The molecule has 1 unspecified atom stereocenters. The van der Waals surface area contributed by atoms with Crippen molar-refractivity contribution in [2.75, 3.05) is 13.2 Å². The van der Waals surface area contributed by atoms with Gasteiger partial charge in [0.1, 0.15) is 0 Å². The van der Waals surface area contributed by atoms with Gasteiger partial charge in [0, 0.05) is 19.1 Å². The van der Waals surface area contributed by atoms with Crippen molar-refractivity contribution in [3.8, 4) is 11.5 Å². The van der Waals surface area contributed by atoms with Crippen molar-refractivity contribution >= 4 is 11.0 Å². The van der Waals surface area contributed by atoms with Crippen LogP contribution in [0, 0.1) is 13.8 Å². The number of nitrogens with one attached hydrogen (secondary N) is 2. The second-order valence-electron chi connectivity index (χ2n) is 7.76. The fourth-order valence-corrected chi connectivity index (χ4v) is 3.76. The Bertz CT molecular complexity index is 1300. The summed E-state index contributed by atoms with van der Waals surface area (Å²) in [7, 11) is 0. The van der Waals surface area contributed by atoms with Crippen LogP contribution in [0.3, 0.4) is 0 Å². The largest absolute Gasteiger partial charge is 0.395 e. The Hall–Kier alpha value is -3.36. The van der Waals surface area contributed by atoms with Gasteiger partial charge in [-0.15, -0.1) is 0 Å². The molecule has 31 heavy (non-hydrogen) atoms. The Morgan fingerprint density at radius 2 is 1.84 bits per heavy atom. The average Bonchev–Trinajstić information content (AvgIpc) is 2.75. The van der Waals surface area contributed by atoms with Gasteiger partial charge < -0.3 is 15.0 Å². The summed E-state index contributed by atoms with van der Waals surface area (Å²) in [5.41, 5.74) is 3.66. The molecule has 0 fully saturated rings. The third-order valence-corrected chi connectivity index (χ3v) is 5.54. The Morgan fingerprint density at radius 3 is 2.58 bits per heavy atom. The number of nitrogens with zero attached hydrogens (tertiary/aromatic N) is 3. The topological polar surface area (TPSA) is 113 Å². The Balaban J connectivity index is 1.67. The maximum Gasteiger partial charge on any atom is 0.349 e. The summed E-state index contributed by atoms with van der Waals surface area (Å²) in [5.74, 6) is 0.259. The van der Waals surface area contributed by atoms with Crippen LogP contribution in [0.15, 0.2) is 52.1 Å². The van der Waals surface area contributed by atoms with Crippen LogP contribution < -0.4 is 16.6 Å². The molecule has 0 aromatic heterocycles. The lowest BCUT2D eigenvalue weighted by Crippen LogP contribution is -2.37. The third-order valence-electron chi connectivity index (χ3n) is 5.54. The maximum atomic E-state index is 12.4. The van der Waals surface area contributed by atoms with E-state index in [1.807, 2.05) is 60.9 Å². The smallest absolute Gasteiger partial charge is 0.349 e. The molecule has 0 radical (unpaired) electrons. The molecule has 8 nitrogen and oxygen atoms in total. The molecule has 4 rings (SSSR count). The van der Waals surface area contributed by atoms with Crippen LogP contribution in [0.1, 0.15) is 16.7 Å². The lowest BCUT2D eigenvalue weighted by atomic mass is 10.1. The van der Waals surface area contributed by atoms with E-state index in [4.69, 9.17) is 0 Å². The summed E-state index contributed by atoms with van der Waals surface area (Å²) in [6.45, 7) is 4.97. The number of benzene rings is 2. The fourth-order valence-electron chi connectivity index (χ4n) is 3.76. The van der Waals surface area contributed by atoms with Crippen molar-refractivity contribution in [3.63, 3.8) is 0 Å². The molecule has 1 atom stereocenters. The van der Waals surface area contributed by atoms with Crippen LogP contribution in [-0.2, 0) is 13.0 Å². The van der Waals surface area contributed by atoms with Crippen LogP contribution in [0.4, 0.5) is 0 Å². The second-order valence-corrected chi connectivity index (χ2v) is 7.76. The van der Waals surface area contributed by atoms with Crippen molar-refractivity contribution in [1.29, 1.82) is 0 Å². The standard InChI is InChI=1S/C23H25N5O3/c1-14-10-18-19(11-15(14)2)28(21-20(25-18)22(30)27-23(31)26-21)9-8-24-17(13-29)12-16-6-4-3-5-7-16/h3-7,10-11,17,24,29H,8-9,12-13H2,1-2H3,(H,27,30,31). The highest BCUT2D eigenvalue weighted by Crippen LogP contribution is 2.23. The molecule has 0 aliphatic carbocycles. The zero-order chi connectivity index (χ0) is 22.0. The summed E-state index contributed by atoms with van der Waals surface area (Å²) in [6.07, 6.45) is 0.695. The van der Waals surface area contributed by atoms with Gasteiger partial charge in [0.15, 0.2) is 11.5 Å². The third kappa shape index (κ3) is 4.40. The van der Waals surface area contributed by atoms with Gasteiger partial charge in [-0.05, 0) is 49.1 Å². The van der Waals surface area contributed by atoms with Crippen LogP contribution in [0.2, 0.25) is 0 Å². The molecule has 2 aliphatic heterocycles. The second kappa shape index (κ2) is 8.79. The molecule has 8 heteroatoms. The number of H-pyrrole nitrogens is 1. The van der Waals surface area contributed by atoms with Crippen molar-refractivity contribution in [3.05, 3.63) is 80.0 Å². The van der Waals surface area contributed by atoms with Crippen molar-refractivity contribution in [2.45, 2.75) is 32.9 Å². The van der Waals surface area contributed by atoms with Gasteiger partial charge in [0.2, 0.25) is 0 Å². The van der Waals surface area contributed by atoms with Crippen molar-refractivity contribution in [2.24, 2.45) is 0 Å². The number of aromatic nitrogens is 4. The summed E-state index contributed by atoms with van der Waals surface area (Å²) in [4.78, 5) is 34.9. The zero-order valence-corrected chi connectivity index (χ0v) is 17.6. The highest BCUT2D eigenvalue weighted by molar-refractivity contribution is 5.81. The molecule has 2 aliphatic rings. The molecule has 2 aromatic rings. The minimum absolute atomic E-state index is 0.00166. The van der Waals surface area contributed by atoms with E-state index in [0.29, 0.717) is 25.0 Å². The normalized spacial score (nSPS) is 12.5. The number of hydrogen-bond acceptors (Lipinski definition) is 6. The molecule has 0 spiro atoms. The van der Waals surface area contributed by atoms with Gasteiger partial charge in [-0.3, -0.25) is 9.78 Å². The van der Waals surface area contributed by atoms with Gasteiger partial charge in [0.25, 0.3) is 5.56 Å². The van der Waals surface area contributed by atoms with Gasteiger partial charge in [-0.2, -0.15) is 4.98 Å². The summed E-state index contributed by atoms with van der Waals surface area (Å²) in [6, 6.07) is 13.8. The predicted octanol–water partition coefficient (Wildman–Crippen LogP) is 1.39. The molecular weight excluding hydrogens is 394 g/mol. The van der Waals surface area contributed by atoms with E-state index in [9.17, 15) is 14.7 Å². The number of fused-ring (bicyclic) bond motifs is 2.